The standard InChI is InChI=1S/C16H24N2O6S/c1-16(2)10-24-11-18(16)25(20,21)8-7-17-15(19)12-5-6-13(22-3)14(9-12)23-4/h5-6,9H,7-8,10-11H2,1-4H3,(H,17,19). The van der Waals surface area contributed by atoms with Gasteiger partial charge in [0.2, 0.25) is 10.0 Å². The van der Waals surface area contributed by atoms with Crippen LogP contribution in [0, 0.1) is 0 Å². The third-order valence-electron chi connectivity index (χ3n) is 3.97. The van der Waals surface area contributed by atoms with E-state index in [2.05, 4.69) is 5.32 Å². The van der Waals surface area contributed by atoms with E-state index in [0.717, 1.165) is 0 Å². The van der Waals surface area contributed by atoms with Gasteiger partial charge in [0.1, 0.15) is 6.73 Å². The summed E-state index contributed by atoms with van der Waals surface area (Å²) >= 11 is 0. The second-order valence-corrected chi connectivity index (χ2v) is 8.29. The van der Waals surface area contributed by atoms with Gasteiger partial charge in [0, 0.05) is 12.1 Å². The molecular weight excluding hydrogens is 348 g/mol. The minimum atomic E-state index is -3.52. The van der Waals surface area contributed by atoms with Gasteiger partial charge in [0.05, 0.1) is 32.1 Å². The summed E-state index contributed by atoms with van der Waals surface area (Å²) in [6.45, 7) is 4.00. The van der Waals surface area contributed by atoms with Gasteiger partial charge in [-0.1, -0.05) is 0 Å². The third kappa shape index (κ3) is 4.42. The third-order valence-corrected chi connectivity index (χ3v) is 5.96. The fourth-order valence-corrected chi connectivity index (χ4v) is 4.19. The van der Waals surface area contributed by atoms with Crippen LogP contribution in [-0.2, 0) is 14.8 Å². The molecule has 8 nitrogen and oxygen atoms in total. The molecule has 0 spiro atoms. The SMILES string of the molecule is COc1ccc(C(=O)NCCS(=O)(=O)N2COCC2(C)C)cc1OC. The number of carbonyl (C=O) groups excluding carboxylic acids is 1. The first-order chi connectivity index (χ1) is 11.7. The monoisotopic (exact) mass is 372 g/mol. The summed E-state index contributed by atoms with van der Waals surface area (Å²) < 4.78 is 41.7. The number of ether oxygens (including phenoxy) is 3. The highest BCUT2D eigenvalue weighted by molar-refractivity contribution is 7.89. The predicted octanol–water partition coefficient (Wildman–Crippen LogP) is 0.832. The molecule has 25 heavy (non-hydrogen) atoms. The lowest BCUT2D eigenvalue weighted by atomic mass is 10.1. The first-order valence-corrected chi connectivity index (χ1v) is 9.40. The van der Waals surface area contributed by atoms with Crippen LogP contribution in [0.25, 0.3) is 0 Å². The average molecular weight is 372 g/mol. The Bertz CT molecular complexity index is 732. The highest BCUT2D eigenvalue weighted by Crippen LogP contribution is 2.27. The van der Waals surface area contributed by atoms with Gasteiger partial charge in [-0.25, -0.2) is 8.42 Å². The van der Waals surface area contributed by atoms with E-state index in [-0.39, 0.29) is 24.9 Å². The van der Waals surface area contributed by atoms with Crippen LogP contribution in [0.3, 0.4) is 0 Å². The smallest absolute Gasteiger partial charge is 0.251 e. The maximum Gasteiger partial charge on any atom is 0.251 e. The van der Waals surface area contributed by atoms with Crippen molar-refractivity contribution in [2.45, 2.75) is 19.4 Å². The summed E-state index contributed by atoms with van der Waals surface area (Å²) in [4.78, 5) is 12.2. The van der Waals surface area contributed by atoms with Crippen molar-refractivity contribution in [1.82, 2.24) is 9.62 Å². The molecular formula is C16H24N2O6S. The number of methoxy groups -OCH3 is 2. The Morgan fingerprint density at radius 1 is 1.28 bits per heavy atom. The fourth-order valence-electron chi connectivity index (χ4n) is 2.57. The molecule has 140 valence electrons. The number of hydrogen-bond acceptors (Lipinski definition) is 6. The van der Waals surface area contributed by atoms with Crippen LogP contribution in [0.4, 0.5) is 0 Å². The summed E-state index contributed by atoms with van der Waals surface area (Å²) in [6, 6.07) is 4.75. The Balaban J connectivity index is 1.96. The van der Waals surface area contributed by atoms with Gasteiger partial charge in [-0.2, -0.15) is 4.31 Å². The minimum absolute atomic E-state index is 0.00207. The lowest BCUT2D eigenvalue weighted by Gasteiger charge is -2.28. The molecule has 1 amide bonds. The van der Waals surface area contributed by atoms with Crippen molar-refractivity contribution in [3.05, 3.63) is 23.8 Å². The summed E-state index contributed by atoms with van der Waals surface area (Å²) in [5.41, 5.74) is -0.216. The molecule has 1 heterocycles. The van der Waals surface area contributed by atoms with Crippen molar-refractivity contribution in [3.63, 3.8) is 0 Å². The van der Waals surface area contributed by atoms with E-state index in [1.54, 1.807) is 32.0 Å². The van der Waals surface area contributed by atoms with Crippen LogP contribution < -0.4 is 14.8 Å². The van der Waals surface area contributed by atoms with Gasteiger partial charge < -0.3 is 19.5 Å². The molecule has 0 radical (unpaired) electrons. The maximum absolute atomic E-state index is 12.4. The highest BCUT2D eigenvalue weighted by Gasteiger charge is 2.40. The van der Waals surface area contributed by atoms with Gasteiger partial charge in [-0.05, 0) is 32.0 Å². The van der Waals surface area contributed by atoms with Crippen molar-refractivity contribution in [2.75, 3.05) is 39.9 Å². The first kappa shape index (κ1) is 19.5. The van der Waals surface area contributed by atoms with E-state index in [0.29, 0.717) is 23.7 Å². The molecule has 1 fully saturated rings. The number of hydrogen-bond donors (Lipinski definition) is 1. The lowest BCUT2D eigenvalue weighted by molar-refractivity contribution is 0.0955. The molecule has 9 heteroatoms. The number of nitrogens with one attached hydrogen (secondary N) is 1. The number of benzene rings is 1. The molecule has 1 aliphatic heterocycles. The summed E-state index contributed by atoms with van der Waals surface area (Å²) in [6.07, 6.45) is 0. The summed E-state index contributed by atoms with van der Waals surface area (Å²) in [5, 5.41) is 2.61. The summed E-state index contributed by atoms with van der Waals surface area (Å²) in [7, 11) is -0.536. The molecule has 1 saturated heterocycles. The number of carbonyl (C=O) groups is 1. The topological polar surface area (TPSA) is 94.2 Å². The van der Waals surface area contributed by atoms with Crippen LogP contribution in [0.1, 0.15) is 24.2 Å². The molecule has 1 N–H and O–H groups in total. The molecule has 0 aliphatic carbocycles. The van der Waals surface area contributed by atoms with Crippen LogP contribution in [0.2, 0.25) is 0 Å². The number of nitrogens with zero attached hydrogens (tertiary/aromatic N) is 1. The molecule has 0 atom stereocenters. The average Bonchev–Trinajstić information content (AvgIpc) is 2.94. The Hall–Kier alpha value is -1.84. The maximum atomic E-state index is 12.4. The Morgan fingerprint density at radius 3 is 2.52 bits per heavy atom. The molecule has 0 saturated carbocycles. The molecule has 0 aromatic heterocycles. The second kappa shape index (κ2) is 7.59. The molecule has 1 aliphatic rings. The Morgan fingerprint density at radius 2 is 1.96 bits per heavy atom. The molecule has 0 unspecified atom stereocenters. The largest absolute Gasteiger partial charge is 0.493 e. The van der Waals surface area contributed by atoms with E-state index in [4.69, 9.17) is 14.2 Å². The van der Waals surface area contributed by atoms with Crippen molar-refractivity contribution >= 4 is 15.9 Å². The zero-order chi connectivity index (χ0) is 18.7. The zero-order valence-corrected chi connectivity index (χ0v) is 15.7. The van der Waals surface area contributed by atoms with Crippen LogP contribution in [0.15, 0.2) is 18.2 Å². The van der Waals surface area contributed by atoms with E-state index in [9.17, 15) is 13.2 Å². The quantitative estimate of drug-likeness (QED) is 0.762. The predicted molar refractivity (Wildman–Crippen MR) is 92.4 cm³/mol. The van der Waals surface area contributed by atoms with Crippen molar-refractivity contribution in [2.24, 2.45) is 0 Å². The number of rotatable bonds is 7. The fraction of sp³-hybridized carbons (Fsp3) is 0.562. The van der Waals surface area contributed by atoms with Gasteiger partial charge in [0.15, 0.2) is 11.5 Å². The lowest BCUT2D eigenvalue weighted by Crippen LogP contribution is -2.46. The van der Waals surface area contributed by atoms with E-state index >= 15 is 0 Å². The van der Waals surface area contributed by atoms with Gasteiger partial charge in [0.25, 0.3) is 5.91 Å². The van der Waals surface area contributed by atoms with Crippen LogP contribution in [-0.4, -0.2) is 64.0 Å². The molecule has 1 aromatic rings. The minimum Gasteiger partial charge on any atom is -0.493 e. The van der Waals surface area contributed by atoms with Gasteiger partial charge >= 0.3 is 0 Å². The Kier molecular flexibility index (Phi) is 5.91. The van der Waals surface area contributed by atoms with E-state index in [1.165, 1.54) is 18.5 Å². The summed E-state index contributed by atoms with van der Waals surface area (Å²) in [5.74, 6) is 0.364. The van der Waals surface area contributed by atoms with Gasteiger partial charge in [-0.3, -0.25) is 4.79 Å². The first-order valence-electron chi connectivity index (χ1n) is 7.80. The van der Waals surface area contributed by atoms with Crippen LogP contribution >= 0.6 is 0 Å². The van der Waals surface area contributed by atoms with Crippen molar-refractivity contribution in [3.8, 4) is 11.5 Å². The van der Waals surface area contributed by atoms with Crippen LogP contribution in [0.5, 0.6) is 11.5 Å². The van der Waals surface area contributed by atoms with Crippen molar-refractivity contribution in [1.29, 1.82) is 0 Å². The number of amides is 1. The molecule has 0 bridgehead atoms. The van der Waals surface area contributed by atoms with Gasteiger partial charge in [-0.15, -0.1) is 0 Å². The molecule has 1 aromatic carbocycles. The van der Waals surface area contributed by atoms with Crippen molar-refractivity contribution < 1.29 is 27.4 Å². The molecule has 2 rings (SSSR count). The van der Waals surface area contributed by atoms with E-state index in [1.807, 2.05) is 0 Å². The Labute approximate surface area is 148 Å². The highest BCUT2D eigenvalue weighted by atomic mass is 32.2. The second-order valence-electron chi connectivity index (χ2n) is 6.28. The van der Waals surface area contributed by atoms with E-state index < -0.39 is 15.6 Å². The zero-order valence-electron chi connectivity index (χ0n) is 14.9. The number of sulfonamides is 1. The normalized spacial score (nSPS) is 17.3.